The minimum Gasteiger partial charge on any atom is -0.306 e. The molecule has 3 rings (SSSR count). The van der Waals surface area contributed by atoms with Crippen LogP contribution in [-0.4, -0.2) is 30.6 Å². The molecule has 0 spiro atoms. The number of benzene rings is 1. The lowest BCUT2D eigenvalue weighted by Gasteiger charge is -2.07. The fourth-order valence-corrected chi connectivity index (χ4v) is 2.34. The van der Waals surface area contributed by atoms with Crippen LogP contribution in [0.2, 0.25) is 0 Å². The van der Waals surface area contributed by atoms with Crippen molar-refractivity contribution < 1.29 is 9.72 Å². The van der Waals surface area contributed by atoms with Crippen molar-refractivity contribution in [1.82, 2.24) is 19.7 Å². The smallest absolute Gasteiger partial charge is 0.270 e. The molecule has 126 valence electrons. The Balaban J connectivity index is 1.85. The van der Waals surface area contributed by atoms with Crippen LogP contribution in [-0.2, 0) is 0 Å². The number of aryl methyl sites for hydroxylation is 2. The minimum absolute atomic E-state index is 0.154. The summed E-state index contributed by atoms with van der Waals surface area (Å²) in [5, 5.41) is 17.7. The average molecular weight is 338 g/mol. The summed E-state index contributed by atoms with van der Waals surface area (Å²) < 4.78 is 1.64. The van der Waals surface area contributed by atoms with E-state index in [0.717, 1.165) is 11.4 Å². The lowest BCUT2D eigenvalue weighted by molar-refractivity contribution is -0.384. The Hall–Kier alpha value is -3.62. The number of hydrogen-bond acceptors (Lipinski definition) is 6. The number of amides is 1. The molecule has 0 fully saturated rings. The fraction of sp³-hybridized carbons (Fsp3) is 0.125. The van der Waals surface area contributed by atoms with E-state index < -0.39 is 10.8 Å². The lowest BCUT2D eigenvalue weighted by atomic mass is 10.2. The number of rotatable bonds is 4. The molecule has 3 aromatic rings. The van der Waals surface area contributed by atoms with Gasteiger partial charge in [-0.05, 0) is 26.0 Å². The number of carbonyl (C=O) groups is 1. The van der Waals surface area contributed by atoms with Gasteiger partial charge in [-0.15, -0.1) is 0 Å². The fourth-order valence-electron chi connectivity index (χ4n) is 2.34. The van der Waals surface area contributed by atoms with E-state index in [1.165, 1.54) is 30.6 Å². The van der Waals surface area contributed by atoms with Crippen molar-refractivity contribution >= 4 is 17.4 Å². The van der Waals surface area contributed by atoms with E-state index in [1.807, 2.05) is 19.9 Å². The van der Waals surface area contributed by atoms with Crippen LogP contribution in [0.3, 0.4) is 0 Å². The number of nitro groups is 1. The first-order valence-electron chi connectivity index (χ1n) is 7.35. The maximum atomic E-state index is 12.3. The topological polar surface area (TPSA) is 116 Å². The molecule has 1 amide bonds. The molecular formula is C16H14N6O3. The molecule has 0 atom stereocenters. The van der Waals surface area contributed by atoms with Gasteiger partial charge in [-0.2, -0.15) is 5.10 Å². The predicted octanol–water partition coefficient (Wildman–Crippen LogP) is 2.44. The van der Waals surface area contributed by atoms with Gasteiger partial charge in [-0.3, -0.25) is 14.9 Å². The number of hydrogen-bond donors (Lipinski definition) is 1. The first-order chi connectivity index (χ1) is 11.9. The molecule has 1 aromatic carbocycles. The summed E-state index contributed by atoms with van der Waals surface area (Å²) in [5.74, 6) is 0.283. The average Bonchev–Trinajstić information content (AvgIpc) is 2.93. The van der Waals surface area contributed by atoms with Crippen LogP contribution >= 0.6 is 0 Å². The standard InChI is InChI=1S/C16H14N6O3/c1-10-6-11(2)21(20-10)15-8-14(17-9-18-15)19-16(23)12-4-3-5-13(7-12)22(24)25/h3-9H,1-2H3,(H,17,18,19,23). The summed E-state index contributed by atoms with van der Waals surface area (Å²) in [6.45, 7) is 3.76. The van der Waals surface area contributed by atoms with Crippen LogP contribution in [0.5, 0.6) is 0 Å². The van der Waals surface area contributed by atoms with Gasteiger partial charge in [-0.25, -0.2) is 14.6 Å². The third-order valence-electron chi connectivity index (χ3n) is 3.44. The molecule has 25 heavy (non-hydrogen) atoms. The summed E-state index contributed by atoms with van der Waals surface area (Å²) in [7, 11) is 0. The van der Waals surface area contributed by atoms with Crippen LogP contribution in [0.15, 0.2) is 42.7 Å². The number of non-ortho nitro benzene ring substituents is 1. The Morgan fingerprint density at radius 1 is 1.20 bits per heavy atom. The van der Waals surface area contributed by atoms with Gasteiger partial charge in [0.1, 0.15) is 12.1 Å². The summed E-state index contributed by atoms with van der Waals surface area (Å²) in [6.07, 6.45) is 1.31. The van der Waals surface area contributed by atoms with Gasteiger partial charge in [0.05, 0.1) is 10.6 Å². The number of nitro benzene ring substituents is 1. The molecular weight excluding hydrogens is 324 g/mol. The van der Waals surface area contributed by atoms with Gasteiger partial charge in [0, 0.05) is 29.5 Å². The normalized spacial score (nSPS) is 10.5. The molecule has 0 saturated heterocycles. The van der Waals surface area contributed by atoms with E-state index >= 15 is 0 Å². The maximum Gasteiger partial charge on any atom is 0.270 e. The van der Waals surface area contributed by atoms with Crippen LogP contribution in [0.4, 0.5) is 11.5 Å². The third-order valence-corrected chi connectivity index (χ3v) is 3.44. The number of anilines is 1. The first kappa shape index (κ1) is 16.2. The largest absolute Gasteiger partial charge is 0.306 e. The highest BCUT2D eigenvalue weighted by Crippen LogP contribution is 2.16. The molecule has 0 aliphatic carbocycles. The molecule has 0 saturated carbocycles. The minimum atomic E-state index is -0.553. The highest BCUT2D eigenvalue weighted by molar-refractivity contribution is 6.04. The van der Waals surface area contributed by atoms with Crippen LogP contribution in [0, 0.1) is 24.0 Å². The van der Waals surface area contributed by atoms with Crippen molar-refractivity contribution in [3.8, 4) is 5.82 Å². The van der Waals surface area contributed by atoms with Crippen LogP contribution in [0.25, 0.3) is 5.82 Å². The van der Waals surface area contributed by atoms with E-state index in [-0.39, 0.29) is 17.1 Å². The van der Waals surface area contributed by atoms with Gasteiger partial charge in [0.25, 0.3) is 11.6 Å². The van der Waals surface area contributed by atoms with Crippen LogP contribution in [0.1, 0.15) is 21.7 Å². The Bertz CT molecular complexity index is 966. The molecule has 1 N–H and O–H groups in total. The van der Waals surface area contributed by atoms with Crippen LogP contribution < -0.4 is 5.32 Å². The van der Waals surface area contributed by atoms with Gasteiger partial charge in [0.2, 0.25) is 0 Å². The number of nitrogens with one attached hydrogen (secondary N) is 1. The Labute approximate surface area is 142 Å². The molecule has 2 aromatic heterocycles. The third kappa shape index (κ3) is 3.50. The van der Waals surface area contributed by atoms with Crippen molar-refractivity contribution in [2.24, 2.45) is 0 Å². The molecule has 2 heterocycles. The van der Waals surface area contributed by atoms with Gasteiger partial charge in [-0.1, -0.05) is 6.07 Å². The SMILES string of the molecule is Cc1cc(C)n(-c2cc(NC(=O)c3cccc([N+](=O)[O-])c3)ncn2)n1. The number of carbonyl (C=O) groups excluding carboxylic acids is 1. The van der Waals surface area contributed by atoms with E-state index in [4.69, 9.17) is 0 Å². The quantitative estimate of drug-likeness (QED) is 0.577. The van der Waals surface area contributed by atoms with E-state index in [1.54, 1.807) is 10.7 Å². The highest BCUT2D eigenvalue weighted by Gasteiger charge is 2.13. The number of nitrogens with zero attached hydrogens (tertiary/aromatic N) is 5. The Morgan fingerprint density at radius 3 is 2.68 bits per heavy atom. The second-order valence-corrected chi connectivity index (χ2v) is 5.36. The summed E-state index contributed by atoms with van der Waals surface area (Å²) in [6, 6.07) is 8.96. The number of aromatic nitrogens is 4. The zero-order valence-corrected chi connectivity index (χ0v) is 13.5. The van der Waals surface area contributed by atoms with Crippen molar-refractivity contribution in [1.29, 1.82) is 0 Å². The molecule has 9 heteroatoms. The first-order valence-corrected chi connectivity index (χ1v) is 7.35. The van der Waals surface area contributed by atoms with Crippen molar-refractivity contribution in [2.75, 3.05) is 5.32 Å². The molecule has 0 unspecified atom stereocenters. The molecule has 0 bridgehead atoms. The predicted molar refractivity (Wildman–Crippen MR) is 89.7 cm³/mol. The molecule has 0 aliphatic heterocycles. The molecule has 0 radical (unpaired) electrons. The summed E-state index contributed by atoms with van der Waals surface area (Å²) in [4.78, 5) is 30.7. The zero-order valence-electron chi connectivity index (χ0n) is 13.5. The van der Waals surface area contributed by atoms with Gasteiger partial charge < -0.3 is 5.32 Å². The van der Waals surface area contributed by atoms with Crippen molar-refractivity contribution in [3.63, 3.8) is 0 Å². The molecule has 9 nitrogen and oxygen atoms in total. The van der Waals surface area contributed by atoms with Gasteiger partial charge >= 0.3 is 0 Å². The summed E-state index contributed by atoms with van der Waals surface area (Å²) in [5.41, 5.74) is 1.75. The highest BCUT2D eigenvalue weighted by atomic mass is 16.6. The van der Waals surface area contributed by atoms with Crippen molar-refractivity contribution in [3.05, 3.63) is 69.8 Å². The molecule has 0 aliphatic rings. The lowest BCUT2D eigenvalue weighted by Crippen LogP contribution is -2.14. The van der Waals surface area contributed by atoms with Crippen molar-refractivity contribution in [2.45, 2.75) is 13.8 Å². The van der Waals surface area contributed by atoms with E-state index in [9.17, 15) is 14.9 Å². The Kier molecular flexibility index (Phi) is 4.21. The second kappa shape index (κ2) is 6.48. The Morgan fingerprint density at radius 2 is 2.00 bits per heavy atom. The monoisotopic (exact) mass is 338 g/mol. The van der Waals surface area contributed by atoms with E-state index in [0.29, 0.717) is 5.82 Å². The van der Waals surface area contributed by atoms with E-state index in [2.05, 4.69) is 20.4 Å². The maximum absolute atomic E-state index is 12.3. The zero-order chi connectivity index (χ0) is 18.0. The second-order valence-electron chi connectivity index (χ2n) is 5.36. The summed E-state index contributed by atoms with van der Waals surface area (Å²) >= 11 is 0. The van der Waals surface area contributed by atoms with Gasteiger partial charge in [0.15, 0.2) is 5.82 Å².